The molecule has 1 unspecified atom stereocenters. The number of sulfone groups is 1. The van der Waals surface area contributed by atoms with E-state index < -0.39 is 9.84 Å². The molecule has 2 N–H and O–H groups in total. The van der Waals surface area contributed by atoms with Crippen molar-refractivity contribution in [3.63, 3.8) is 0 Å². The third-order valence-electron chi connectivity index (χ3n) is 3.60. The Kier molecular flexibility index (Phi) is 4.96. The molecule has 1 saturated heterocycles. The zero-order valence-corrected chi connectivity index (χ0v) is 12.0. The Bertz CT molecular complexity index is 487. The van der Waals surface area contributed by atoms with Crippen molar-refractivity contribution in [3.05, 3.63) is 35.9 Å². The van der Waals surface area contributed by atoms with Crippen LogP contribution in [0, 0.1) is 0 Å². The van der Waals surface area contributed by atoms with Gasteiger partial charge in [-0.15, -0.1) is 0 Å². The molecule has 1 aliphatic heterocycles. The van der Waals surface area contributed by atoms with Crippen molar-refractivity contribution in [3.8, 4) is 0 Å². The van der Waals surface area contributed by atoms with Crippen molar-refractivity contribution in [1.82, 2.24) is 4.90 Å². The van der Waals surface area contributed by atoms with Gasteiger partial charge in [0.15, 0.2) is 9.84 Å². The number of benzene rings is 1. The lowest BCUT2D eigenvalue weighted by Crippen LogP contribution is -2.45. The Labute approximate surface area is 115 Å². The van der Waals surface area contributed by atoms with Crippen LogP contribution in [0.3, 0.4) is 0 Å². The molecular formula is C14H22N2O2S. The number of nitrogens with zero attached hydrogens (tertiary/aromatic N) is 1. The minimum absolute atomic E-state index is 0.113. The third kappa shape index (κ3) is 4.30. The topological polar surface area (TPSA) is 63.4 Å². The van der Waals surface area contributed by atoms with E-state index in [1.165, 1.54) is 5.56 Å². The summed E-state index contributed by atoms with van der Waals surface area (Å²) >= 11 is 0. The molecule has 0 bridgehead atoms. The predicted molar refractivity (Wildman–Crippen MR) is 77.6 cm³/mol. The van der Waals surface area contributed by atoms with Crippen molar-refractivity contribution >= 4 is 9.84 Å². The van der Waals surface area contributed by atoms with Crippen LogP contribution in [0.2, 0.25) is 0 Å². The van der Waals surface area contributed by atoms with E-state index in [0.717, 1.165) is 25.9 Å². The maximum atomic E-state index is 11.8. The maximum Gasteiger partial charge on any atom is 0.151 e. The monoisotopic (exact) mass is 282 g/mol. The van der Waals surface area contributed by atoms with Crippen LogP contribution in [0.15, 0.2) is 30.3 Å². The summed E-state index contributed by atoms with van der Waals surface area (Å²) in [6, 6.07) is 10.3. The first kappa shape index (κ1) is 14.5. The highest BCUT2D eigenvalue weighted by molar-refractivity contribution is 7.91. The Morgan fingerprint density at radius 2 is 2.00 bits per heavy atom. The summed E-state index contributed by atoms with van der Waals surface area (Å²) in [5.74, 6) is 0.616. The van der Waals surface area contributed by atoms with E-state index in [4.69, 9.17) is 5.73 Å². The molecule has 1 aromatic rings. The van der Waals surface area contributed by atoms with Gasteiger partial charge in [0.2, 0.25) is 0 Å². The summed E-state index contributed by atoms with van der Waals surface area (Å²) in [5, 5.41) is 0. The van der Waals surface area contributed by atoms with Crippen LogP contribution in [0.25, 0.3) is 0 Å². The van der Waals surface area contributed by atoms with Gasteiger partial charge >= 0.3 is 0 Å². The van der Waals surface area contributed by atoms with Crippen molar-refractivity contribution in [1.29, 1.82) is 0 Å². The number of hydrogen-bond acceptors (Lipinski definition) is 4. The van der Waals surface area contributed by atoms with Gasteiger partial charge in [0, 0.05) is 25.7 Å². The van der Waals surface area contributed by atoms with Crippen molar-refractivity contribution in [2.75, 3.05) is 24.6 Å². The SMILES string of the molecule is NCCN(Cc1ccccc1)C1CCCS(=O)(=O)C1. The van der Waals surface area contributed by atoms with Crippen LogP contribution in [0.5, 0.6) is 0 Å². The summed E-state index contributed by atoms with van der Waals surface area (Å²) in [5.41, 5.74) is 6.87. The highest BCUT2D eigenvalue weighted by Crippen LogP contribution is 2.19. The zero-order valence-electron chi connectivity index (χ0n) is 11.2. The lowest BCUT2D eigenvalue weighted by Gasteiger charge is -2.33. The van der Waals surface area contributed by atoms with E-state index in [2.05, 4.69) is 17.0 Å². The van der Waals surface area contributed by atoms with Crippen LogP contribution in [0.1, 0.15) is 18.4 Å². The standard InChI is InChI=1S/C14H22N2O2S/c15-8-9-16(11-13-5-2-1-3-6-13)14-7-4-10-19(17,18)12-14/h1-3,5-6,14H,4,7-12,15H2. The largest absolute Gasteiger partial charge is 0.329 e. The van der Waals surface area contributed by atoms with E-state index in [-0.39, 0.29) is 11.8 Å². The van der Waals surface area contributed by atoms with E-state index >= 15 is 0 Å². The molecule has 5 heteroatoms. The van der Waals surface area contributed by atoms with Gasteiger partial charge in [-0.05, 0) is 18.4 Å². The molecule has 4 nitrogen and oxygen atoms in total. The fourth-order valence-corrected chi connectivity index (χ4v) is 4.40. The molecule has 0 aromatic heterocycles. The van der Waals surface area contributed by atoms with Gasteiger partial charge in [0.05, 0.1) is 11.5 Å². The van der Waals surface area contributed by atoms with Gasteiger partial charge in [-0.25, -0.2) is 8.42 Å². The van der Waals surface area contributed by atoms with Crippen LogP contribution in [-0.4, -0.2) is 44.0 Å². The van der Waals surface area contributed by atoms with E-state index in [9.17, 15) is 8.42 Å². The molecule has 1 fully saturated rings. The van der Waals surface area contributed by atoms with Crippen LogP contribution in [0.4, 0.5) is 0 Å². The highest BCUT2D eigenvalue weighted by atomic mass is 32.2. The molecule has 19 heavy (non-hydrogen) atoms. The Morgan fingerprint density at radius 3 is 2.63 bits per heavy atom. The second kappa shape index (κ2) is 6.50. The minimum Gasteiger partial charge on any atom is -0.329 e. The van der Waals surface area contributed by atoms with Gasteiger partial charge in [0.25, 0.3) is 0 Å². The molecule has 2 rings (SSSR count). The van der Waals surface area contributed by atoms with Gasteiger partial charge in [-0.2, -0.15) is 0 Å². The fourth-order valence-electron chi connectivity index (χ4n) is 2.66. The van der Waals surface area contributed by atoms with Gasteiger partial charge in [-0.3, -0.25) is 4.90 Å². The first-order valence-electron chi connectivity index (χ1n) is 6.79. The molecule has 1 aliphatic rings. The smallest absolute Gasteiger partial charge is 0.151 e. The number of rotatable bonds is 5. The normalized spacial score (nSPS) is 22.5. The zero-order chi connectivity index (χ0) is 13.7. The van der Waals surface area contributed by atoms with E-state index in [0.29, 0.717) is 12.3 Å². The molecule has 0 aliphatic carbocycles. The van der Waals surface area contributed by atoms with E-state index in [1.807, 2.05) is 18.2 Å². The van der Waals surface area contributed by atoms with Gasteiger partial charge < -0.3 is 5.73 Å². The second-order valence-electron chi connectivity index (χ2n) is 5.16. The second-order valence-corrected chi connectivity index (χ2v) is 7.38. The predicted octanol–water partition coefficient (Wildman–Crippen LogP) is 1.02. The average molecular weight is 282 g/mol. The van der Waals surface area contributed by atoms with Crippen LogP contribution >= 0.6 is 0 Å². The molecule has 1 aromatic carbocycles. The van der Waals surface area contributed by atoms with Gasteiger partial charge in [-0.1, -0.05) is 30.3 Å². The van der Waals surface area contributed by atoms with Gasteiger partial charge in [0.1, 0.15) is 0 Å². The molecular weight excluding hydrogens is 260 g/mol. The van der Waals surface area contributed by atoms with Crippen molar-refractivity contribution in [2.45, 2.75) is 25.4 Å². The lowest BCUT2D eigenvalue weighted by atomic mass is 10.1. The first-order chi connectivity index (χ1) is 9.11. The summed E-state index contributed by atoms with van der Waals surface area (Å²) in [6.07, 6.45) is 1.72. The third-order valence-corrected chi connectivity index (χ3v) is 5.40. The lowest BCUT2D eigenvalue weighted by molar-refractivity contribution is 0.193. The fraction of sp³-hybridized carbons (Fsp3) is 0.571. The van der Waals surface area contributed by atoms with Crippen molar-refractivity contribution in [2.24, 2.45) is 5.73 Å². The molecule has 0 radical (unpaired) electrons. The molecule has 1 atom stereocenters. The molecule has 0 saturated carbocycles. The Balaban J connectivity index is 2.07. The maximum absolute atomic E-state index is 11.8. The average Bonchev–Trinajstić information content (AvgIpc) is 2.38. The molecule has 106 valence electrons. The molecule has 0 amide bonds. The summed E-state index contributed by atoms with van der Waals surface area (Å²) in [6.45, 7) is 2.08. The minimum atomic E-state index is -2.87. The van der Waals surface area contributed by atoms with Crippen LogP contribution in [-0.2, 0) is 16.4 Å². The summed E-state index contributed by atoms with van der Waals surface area (Å²) in [7, 11) is -2.87. The molecule has 1 heterocycles. The number of nitrogens with two attached hydrogens (primary N) is 1. The highest BCUT2D eigenvalue weighted by Gasteiger charge is 2.28. The van der Waals surface area contributed by atoms with Crippen LogP contribution < -0.4 is 5.73 Å². The quantitative estimate of drug-likeness (QED) is 0.876. The Hall–Kier alpha value is -0.910. The Morgan fingerprint density at radius 1 is 1.26 bits per heavy atom. The van der Waals surface area contributed by atoms with E-state index in [1.54, 1.807) is 0 Å². The number of hydrogen-bond donors (Lipinski definition) is 1. The first-order valence-corrected chi connectivity index (χ1v) is 8.61. The summed E-state index contributed by atoms with van der Waals surface area (Å²) < 4.78 is 23.5. The molecule has 0 spiro atoms. The van der Waals surface area contributed by atoms with Crippen molar-refractivity contribution < 1.29 is 8.42 Å². The summed E-state index contributed by atoms with van der Waals surface area (Å²) in [4.78, 5) is 2.21.